The van der Waals surface area contributed by atoms with Gasteiger partial charge in [-0.3, -0.25) is 0 Å². The maximum Gasteiger partial charge on any atom is 0.181 e. The van der Waals surface area contributed by atoms with Crippen molar-refractivity contribution in [3.8, 4) is 11.8 Å². The molecule has 1 atom stereocenters. The molecule has 0 aliphatic heterocycles. The number of halogens is 3. The van der Waals surface area contributed by atoms with Gasteiger partial charge in [0.15, 0.2) is 6.10 Å². The highest BCUT2D eigenvalue weighted by molar-refractivity contribution is 9.10. The lowest BCUT2D eigenvalue weighted by atomic mass is 10.3. The van der Waals surface area contributed by atoms with Gasteiger partial charge in [0.25, 0.3) is 0 Å². The van der Waals surface area contributed by atoms with Crippen LogP contribution in [0.25, 0.3) is 0 Å². The van der Waals surface area contributed by atoms with Gasteiger partial charge in [0.05, 0.1) is 9.50 Å². The molecule has 1 unspecified atom stereocenters. The molecule has 0 aromatic heterocycles. The van der Waals surface area contributed by atoms with Crippen LogP contribution in [0.4, 0.5) is 4.39 Å². The number of rotatable bonds is 2. The van der Waals surface area contributed by atoms with Crippen LogP contribution in [0, 0.1) is 17.1 Å². The topological polar surface area (TPSA) is 33.0 Å². The summed E-state index contributed by atoms with van der Waals surface area (Å²) in [5, 5.41) is 8.51. The highest BCUT2D eigenvalue weighted by Gasteiger charge is 2.10. The molecule has 5 heteroatoms. The second-order valence-corrected chi connectivity index (χ2v) is 3.85. The van der Waals surface area contributed by atoms with Crippen LogP contribution in [-0.4, -0.2) is 6.10 Å². The third kappa shape index (κ3) is 2.60. The van der Waals surface area contributed by atoms with Gasteiger partial charge in [0, 0.05) is 6.07 Å². The van der Waals surface area contributed by atoms with E-state index in [-0.39, 0.29) is 10.8 Å². The largest absolute Gasteiger partial charge is 0.475 e. The zero-order valence-corrected chi connectivity index (χ0v) is 9.56. The molecule has 0 fully saturated rings. The first-order valence-electron chi connectivity index (χ1n) is 3.75. The third-order valence-electron chi connectivity index (χ3n) is 1.46. The smallest absolute Gasteiger partial charge is 0.181 e. The zero-order valence-electron chi connectivity index (χ0n) is 7.22. The van der Waals surface area contributed by atoms with Crippen molar-refractivity contribution in [2.45, 2.75) is 13.0 Å². The SMILES string of the molecule is CC(C#N)Oc1cc(F)c(Cl)cc1Br. The molecular formula is C9H6BrClFNO. The van der Waals surface area contributed by atoms with Crippen molar-refractivity contribution in [2.24, 2.45) is 0 Å². The second kappa shape index (κ2) is 4.63. The van der Waals surface area contributed by atoms with Gasteiger partial charge in [0.1, 0.15) is 17.6 Å². The minimum atomic E-state index is -0.633. The lowest BCUT2D eigenvalue weighted by Crippen LogP contribution is -2.08. The molecule has 0 aliphatic rings. The zero-order chi connectivity index (χ0) is 10.7. The summed E-state index contributed by atoms with van der Waals surface area (Å²) in [7, 11) is 0. The molecule has 0 aliphatic carbocycles. The van der Waals surface area contributed by atoms with E-state index in [1.807, 2.05) is 6.07 Å². The van der Waals surface area contributed by atoms with Crippen LogP contribution < -0.4 is 4.74 Å². The fourth-order valence-electron chi connectivity index (χ4n) is 0.811. The average molecular weight is 279 g/mol. The molecule has 0 N–H and O–H groups in total. The van der Waals surface area contributed by atoms with E-state index in [9.17, 15) is 4.39 Å². The molecule has 0 spiro atoms. The van der Waals surface area contributed by atoms with E-state index in [2.05, 4.69) is 15.9 Å². The quantitative estimate of drug-likeness (QED) is 0.775. The van der Waals surface area contributed by atoms with Crippen LogP contribution in [0.1, 0.15) is 6.92 Å². The van der Waals surface area contributed by atoms with Crippen LogP contribution in [0.3, 0.4) is 0 Å². The van der Waals surface area contributed by atoms with Crippen molar-refractivity contribution in [1.82, 2.24) is 0 Å². The first kappa shape index (κ1) is 11.3. The molecule has 0 heterocycles. The summed E-state index contributed by atoms with van der Waals surface area (Å²) in [5.41, 5.74) is 0. The highest BCUT2D eigenvalue weighted by atomic mass is 79.9. The third-order valence-corrected chi connectivity index (χ3v) is 2.37. The monoisotopic (exact) mass is 277 g/mol. The predicted molar refractivity (Wildman–Crippen MR) is 54.8 cm³/mol. The van der Waals surface area contributed by atoms with Gasteiger partial charge in [-0.15, -0.1) is 0 Å². The summed E-state index contributed by atoms with van der Waals surface area (Å²) < 4.78 is 18.6. The van der Waals surface area contributed by atoms with Crippen molar-refractivity contribution in [1.29, 1.82) is 5.26 Å². The Morgan fingerprint density at radius 2 is 2.29 bits per heavy atom. The number of nitriles is 1. The summed E-state index contributed by atoms with van der Waals surface area (Å²) in [4.78, 5) is 0. The maximum atomic E-state index is 13.0. The molecule has 0 saturated heterocycles. The summed E-state index contributed by atoms with van der Waals surface area (Å²) >= 11 is 8.68. The minimum Gasteiger partial charge on any atom is -0.475 e. The van der Waals surface area contributed by atoms with Gasteiger partial charge in [-0.1, -0.05) is 11.6 Å². The number of hydrogen-bond donors (Lipinski definition) is 0. The summed E-state index contributed by atoms with van der Waals surface area (Å²) in [6, 6.07) is 4.40. The van der Waals surface area contributed by atoms with E-state index in [1.165, 1.54) is 6.07 Å². The summed E-state index contributed by atoms with van der Waals surface area (Å²) in [6.07, 6.45) is -0.633. The molecule has 1 rings (SSSR count). The maximum absolute atomic E-state index is 13.0. The summed E-state index contributed by atoms with van der Waals surface area (Å²) in [6.45, 7) is 1.57. The summed E-state index contributed by atoms with van der Waals surface area (Å²) in [5.74, 6) is -0.309. The van der Waals surface area contributed by atoms with Gasteiger partial charge in [-0.05, 0) is 28.9 Å². The molecule has 1 aromatic rings. The Bertz CT molecular complexity index is 391. The highest BCUT2D eigenvalue weighted by Crippen LogP contribution is 2.31. The number of ether oxygens (including phenoxy) is 1. The Kier molecular flexibility index (Phi) is 3.73. The lowest BCUT2D eigenvalue weighted by Gasteiger charge is -2.09. The Morgan fingerprint density at radius 3 is 2.86 bits per heavy atom. The fourth-order valence-corrected chi connectivity index (χ4v) is 1.54. The van der Waals surface area contributed by atoms with Crippen LogP contribution in [-0.2, 0) is 0 Å². The molecule has 0 saturated carbocycles. The van der Waals surface area contributed by atoms with E-state index < -0.39 is 11.9 Å². The molecule has 2 nitrogen and oxygen atoms in total. The van der Waals surface area contributed by atoms with Crippen molar-refractivity contribution < 1.29 is 9.13 Å². The Morgan fingerprint density at radius 1 is 1.64 bits per heavy atom. The number of hydrogen-bond acceptors (Lipinski definition) is 2. The van der Waals surface area contributed by atoms with Gasteiger partial charge < -0.3 is 4.74 Å². The Hall–Kier alpha value is -0.790. The molecule has 0 bridgehead atoms. The van der Waals surface area contributed by atoms with Crippen molar-refractivity contribution in [3.05, 3.63) is 27.4 Å². The van der Waals surface area contributed by atoms with Crippen LogP contribution >= 0.6 is 27.5 Å². The van der Waals surface area contributed by atoms with E-state index in [0.29, 0.717) is 4.47 Å². The van der Waals surface area contributed by atoms with Gasteiger partial charge >= 0.3 is 0 Å². The van der Waals surface area contributed by atoms with Gasteiger partial charge in [0.2, 0.25) is 0 Å². The first-order chi connectivity index (χ1) is 6.54. The lowest BCUT2D eigenvalue weighted by molar-refractivity contribution is 0.273. The molecular weight excluding hydrogens is 272 g/mol. The minimum absolute atomic E-state index is 0.00818. The van der Waals surface area contributed by atoms with Gasteiger partial charge in [-0.2, -0.15) is 5.26 Å². The van der Waals surface area contributed by atoms with Crippen LogP contribution in [0.5, 0.6) is 5.75 Å². The van der Waals surface area contributed by atoms with Crippen LogP contribution in [0.2, 0.25) is 5.02 Å². The molecule has 74 valence electrons. The first-order valence-corrected chi connectivity index (χ1v) is 4.92. The van der Waals surface area contributed by atoms with E-state index in [4.69, 9.17) is 21.6 Å². The normalized spacial score (nSPS) is 11.9. The molecule has 1 aromatic carbocycles. The Labute approximate surface area is 94.4 Å². The predicted octanol–water partition coefficient (Wildman–Crippen LogP) is 3.53. The number of benzene rings is 1. The van der Waals surface area contributed by atoms with E-state index in [0.717, 1.165) is 6.07 Å². The second-order valence-electron chi connectivity index (χ2n) is 2.59. The van der Waals surface area contributed by atoms with Crippen LogP contribution in [0.15, 0.2) is 16.6 Å². The molecule has 0 radical (unpaired) electrons. The number of nitrogens with zero attached hydrogens (tertiary/aromatic N) is 1. The van der Waals surface area contributed by atoms with Crippen molar-refractivity contribution >= 4 is 27.5 Å². The molecule has 0 amide bonds. The van der Waals surface area contributed by atoms with E-state index >= 15 is 0 Å². The average Bonchev–Trinajstić information content (AvgIpc) is 2.14. The Balaban J connectivity index is 2.99. The fraction of sp³-hybridized carbons (Fsp3) is 0.222. The van der Waals surface area contributed by atoms with Crippen molar-refractivity contribution in [3.63, 3.8) is 0 Å². The van der Waals surface area contributed by atoms with Crippen molar-refractivity contribution in [2.75, 3.05) is 0 Å². The van der Waals surface area contributed by atoms with Gasteiger partial charge in [-0.25, -0.2) is 4.39 Å². The standard InChI is InChI=1S/C9H6BrClFNO/c1-5(4-13)14-9-3-8(12)7(11)2-6(9)10/h2-3,5H,1H3. The van der Waals surface area contributed by atoms with E-state index in [1.54, 1.807) is 6.92 Å². The molecule has 14 heavy (non-hydrogen) atoms.